The van der Waals surface area contributed by atoms with Gasteiger partial charge in [0.1, 0.15) is 35.6 Å². The summed E-state index contributed by atoms with van der Waals surface area (Å²) in [6.45, 7) is 4.68. The van der Waals surface area contributed by atoms with Crippen molar-refractivity contribution in [1.82, 2.24) is 4.90 Å². The van der Waals surface area contributed by atoms with Crippen molar-refractivity contribution in [1.29, 1.82) is 0 Å². The summed E-state index contributed by atoms with van der Waals surface area (Å²) < 4.78 is 17.0. The number of fused-ring (bicyclic) bond motifs is 1. The van der Waals surface area contributed by atoms with Crippen molar-refractivity contribution in [2.45, 2.75) is 32.3 Å². The Morgan fingerprint density at radius 3 is 2.48 bits per heavy atom. The lowest BCUT2D eigenvalue weighted by Gasteiger charge is -2.28. The molecule has 0 aliphatic carbocycles. The van der Waals surface area contributed by atoms with Gasteiger partial charge in [0.15, 0.2) is 0 Å². The molecule has 4 rings (SSSR count). The minimum absolute atomic E-state index is 0.0828. The highest BCUT2D eigenvalue weighted by molar-refractivity contribution is 5.83. The number of aliphatic hydroxyl groups is 1. The van der Waals surface area contributed by atoms with Crippen molar-refractivity contribution in [3.63, 3.8) is 0 Å². The molecule has 0 spiro atoms. The van der Waals surface area contributed by atoms with E-state index >= 15 is 0 Å². The molecule has 1 atom stereocenters. The van der Waals surface area contributed by atoms with Crippen LogP contribution in [0.5, 0.6) is 11.5 Å². The van der Waals surface area contributed by atoms with Gasteiger partial charge in [0.25, 0.3) is 0 Å². The molecule has 6 heteroatoms. The minimum Gasteiger partial charge on any atom is -0.497 e. The average molecular weight is 424 g/mol. The summed E-state index contributed by atoms with van der Waals surface area (Å²) >= 11 is 0. The smallest absolute Gasteiger partial charge is 0.200 e. The molecule has 0 saturated carbocycles. The molecule has 6 nitrogen and oxygen atoms in total. The highest BCUT2D eigenvalue weighted by Gasteiger charge is 2.17. The van der Waals surface area contributed by atoms with Gasteiger partial charge in [-0.3, -0.25) is 4.79 Å². The van der Waals surface area contributed by atoms with Gasteiger partial charge in [-0.25, -0.2) is 0 Å². The third-order valence-electron chi connectivity index (χ3n) is 5.78. The number of ether oxygens (including phenoxy) is 2. The Balaban J connectivity index is 1.50. The molecule has 1 aliphatic rings. The monoisotopic (exact) mass is 423 g/mol. The number of hydrogen-bond acceptors (Lipinski definition) is 6. The van der Waals surface area contributed by atoms with Crippen LogP contribution in [0.3, 0.4) is 0 Å². The molecular weight excluding hydrogens is 394 g/mol. The van der Waals surface area contributed by atoms with Gasteiger partial charge in [-0.05, 0) is 62.7 Å². The van der Waals surface area contributed by atoms with Gasteiger partial charge < -0.3 is 23.9 Å². The zero-order valence-electron chi connectivity index (χ0n) is 18.1. The van der Waals surface area contributed by atoms with Gasteiger partial charge in [-0.15, -0.1) is 0 Å². The third kappa shape index (κ3) is 4.92. The predicted molar refractivity (Wildman–Crippen MR) is 121 cm³/mol. The average Bonchev–Trinajstić information content (AvgIpc) is 2.78. The first kappa shape index (κ1) is 21.4. The number of β-amino-alcohol motifs (C(OH)–C–C–N with tert-alkyl or cyclic N) is 1. The zero-order chi connectivity index (χ0) is 21.8. The molecule has 1 fully saturated rings. The first-order valence-electron chi connectivity index (χ1n) is 10.8. The molecule has 1 aliphatic heterocycles. The van der Waals surface area contributed by atoms with Crippen LogP contribution in [-0.4, -0.2) is 49.5 Å². The number of aliphatic hydroxyl groups excluding tert-OH is 1. The van der Waals surface area contributed by atoms with Crippen molar-refractivity contribution in [3.8, 4) is 22.6 Å². The van der Waals surface area contributed by atoms with Crippen LogP contribution >= 0.6 is 0 Å². The number of rotatable bonds is 7. The van der Waals surface area contributed by atoms with E-state index in [1.54, 1.807) is 32.2 Å². The Labute approximate surface area is 182 Å². The molecule has 3 aromatic rings. The Kier molecular flexibility index (Phi) is 6.59. The van der Waals surface area contributed by atoms with Gasteiger partial charge in [0.2, 0.25) is 5.43 Å². The molecule has 0 amide bonds. The summed E-state index contributed by atoms with van der Waals surface area (Å²) in [5, 5.41) is 10.8. The quantitative estimate of drug-likeness (QED) is 0.619. The summed E-state index contributed by atoms with van der Waals surface area (Å²) in [6.07, 6.45) is 3.09. The van der Waals surface area contributed by atoms with Gasteiger partial charge >= 0.3 is 0 Å². The summed E-state index contributed by atoms with van der Waals surface area (Å²) in [5.41, 5.74) is 1.72. The van der Waals surface area contributed by atoms with Crippen LogP contribution in [0, 0.1) is 6.92 Å². The van der Waals surface area contributed by atoms with Crippen molar-refractivity contribution < 1.29 is 19.0 Å². The van der Waals surface area contributed by atoms with E-state index in [0.717, 1.165) is 24.4 Å². The second kappa shape index (κ2) is 9.54. The van der Waals surface area contributed by atoms with E-state index < -0.39 is 6.10 Å². The van der Waals surface area contributed by atoms with Crippen LogP contribution in [0.1, 0.15) is 25.0 Å². The van der Waals surface area contributed by atoms with E-state index in [9.17, 15) is 9.90 Å². The number of likely N-dealkylation sites (tertiary alicyclic amines) is 1. The fourth-order valence-corrected chi connectivity index (χ4v) is 4.15. The molecular formula is C25H29NO5. The highest BCUT2D eigenvalue weighted by Crippen LogP contribution is 2.27. The van der Waals surface area contributed by atoms with E-state index in [0.29, 0.717) is 34.6 Å². The van der Waals surface area contributed by atoms with E-state index in [4.69, 9.17) is 13.9 Å². The normalized spacial score (nSPS) is 15.7. The Morgan fingerprint density at radius 1 is 1.06 bits per heavy atom. The van der Waals surface area contributed by atoms with Crippen LogP contribution in [0.2, 0.25) is 0 Å². The molecule has 1 N–H and O–H groups in total. The zero-order valence-corrected chi connectivity index (χ0v) is 18.1. The predicted octanol–water partition coefficient (Wildman–Crippen LogP) is 4.00. The molecule has 31 heavy (non-hydrogen) atoms. The maximum Gasteiger partial charge on any atom is 0.200 e. The van der Waals surface area contributed by atoms with E-state index in [-0.39, 0.29) is 12.0 Å². The second-order valence-corrected chi connectivity index (χ2v) is 8.07. The second-order valence-electron chi connectivity index (χ2n) is 8.07. The fraction of sp³-hybridized carbons (Fsp3) is 0.400. The van der Waals surface area contributed by atoms with Crippen LogP contribution in [0.15, 0.2) is 51.7 Å². The lowest BCUT2D eigenvalue weighted by atomic mass is 10.0. The Morgan fingerprint density at radius 2 is 1.77 bits per heavy atom. The molecule has 1 saturated heterocycles. The largest absolute Gasteiger partial charge is 0.497 e. The number of methoxy groups -OCH3 is 1. The molecule has 2 aromatic carbocycles. The maximum atomic E-state index is 13.1. The SMILES string of the molecule is COc1ccc(-c2c(C)oc3cc(OC[C@@H](O)CN4CCCCC4)ccc3c2=O)cc1. The lowest BCUT2D eigenvalue weighted by Crippen LogP contribution is -2.38. The lowest BCUT2D eigenvalue weighted by molar-refractivity contribution is 0.0617. The molecule has 164 valence electrons. The topological polar surface area (TPSA) is 72.1 Å². The summed E-state index contributed by atoms with van der Waals surface area (Å²) in [5.74, 6) is 1.85. The van der Waals surface area contributed by atoms with Crippen molar-refractivity contribution >= 4 is 11.0 Å². The maximum absolute atomic E-state index is 13.1. The number of hydrogen-bond donors (Lipinski definition) is 1. The van der Waals surface area contributed by atoms with Crippen LogP contribution in [0.4, 0.5) is 0 Å². The standard InChI is InChI=1S/C25H29NO5/c1-17-24(18-6-8-20(29-2)9-7-18)25(28)22-11-10-21(14-23(22)31-17)30-16-19(27)15-26-12-4-3-5-13-26/h6-11,14,19,27H,3-5,12-13,15-16H2,1-2H3/t19-/m0/s1. The van der Waals surface area contributed by atoms with Crippen LogP contribution < -0.4 is 14.9 Å². The van der Waals surface area contributed by atoms with Gasteiger partial charge in [-0.2, -0.15) is 0 Å². The summed E-state index contributed by atoms with van der Waals surface area (Å²) in [6, 6.07) is 12.5. The van der Waals surface area contributed by atoms with Crippen molar-refractivity contribution in [2.75, 3.05) is 33.4 Å². The molecule has 0 unspecified atom stereocenters. The third-order valence-corrected chi connectivity index (χ3v) is 5.78. The van der Waals surface area contributed by atoms with E-state index in [1.807, 2.05) is 24.3 Å². The Bertz CT molecular complexity index is 1080. The summed E-state index contributed by atoms with van der Waals surface area (Å²) in [7, 11) is 1.61. The first-order chi connectivity index (χ1) is 15.0. The molecule has 2 heterocycles. The fourth-order valence-electron chi connectivity index (χ4n) is 4.15. The Hall–Kier alpha value is -2.83. The molecule has 0 radical (unpaired) electrons. The highest BCUT2D eigenvalue weighted by atomic mass is 16.5. The van der Waals surface area contributed by atoms with Crippen molar-refractivity contribution in [2.24, 2.45) is 0 Å². The van der Waals surface area contributed by atoms with Gasteiger partial charge in [-0.1, -0.05) is 18.6 Å². The first-order valence-corrected chi connectivity index (χ1v) is 10.8. The molecule has 1 aromatic heterocycles. The van der Waals surface area contributed by atoms with Gasteiger partial charge in [0, 0.05) is 12.6 Å². The number of benzene rings is 2. The van der Waals surface area contributed by atoms with Crippen LogP contribution in [-0.2, 0) is 0 Å². The van der Waals surface area contributed by atoms with Gasteiger partial charge in [0.05, 0.1) is 18.1 Å². The number of piperidine rings is 1. The number of aryl methyl sites for hydroxylation is 1. The minimum atomic E-state index is -0.556. The van der Waals surface area contributed by atoms with E-state index in [1.165, 1.54) is 19.3 Å². The van der Waals surface area contributed by atoms with Crippen molar-refractivity contribution in [3.05, 3.63) is 58.4 Å². The number of nitrogens with zero attached hydrogens (tertiary/aromatic N) is 1. The molecule has 0 bridgehead atoms. The summed E-state index contributed by atoms with van der Waals surface area (Å²) in [4.78, 5) is 15.4. The van der Waals surface area contributed by atoms with Crippen LogP contribution in [0.25, 0.3) is 22.1 Å². The van der Waals surface area contributed by atoms with E-state index in [2.05, 4.69) is 4.90 Å².